The molecule has 0 nitrogen and oxygen atoms in total. The molecule has 0 amide bonds. The largest absolute Gasteiger partial charge is 0.128 e. The monoisotopic (exact) mass is 382 g/mol. The van der Waals surface area contributed by atoms with Crippen LogP contribution in [0, 0.1) is 0 Å². The molecule has 1 heterocycles. The van der Waals surface area contributed by atoms with E-state index < -0.39 is 0 Å². The van der Waals surface area contributed by atoms with Crippen LogP contribution in [-0.2, 0) is 5.33 Å². The summed E-state index contributed by atoms with van der Waals surface area (Å²) in [6.07, 6.45) is 0. The summed E-state index contributed by atoms with van der Waals surface area (Å²) in [6, 6.07) is 6.50. The molecule has 68 valence electrons. The van der Waals surface area contributed by atoms with Crippen LogP contribution >= 0.6 is 59.1 Å². The van der Waals surface area contributed by atoms with Gasteiger partial charge in [0.15, 0.2) is 0 Å². The first-order chi connectivity index (χ1) is 6.20. The summed E-state index contributed by atoms with van der Waals surface area (Å²) in [7, 11) is 0. The zero-order valence-corrected chi connectivity index (χ0v) is 12.1. The number of rotatable bonds is 1. The van der Waals surface area contributed by atoms with E-state index in [0.717, 1.165) is 5.33 Å². The Balaban J connectivity index is 2.75. The molecule has 0 bridgehead atoms. The van der Waals surface area contributed by atoms with E-state index >= 15 is 0 Å². The van der Waals surface area contributed by atoms with Gasteiger partial charge in [0.2, 0.25) is 0 Å². The Kier molecular flexibility index (Phi) is 3.13. The number of halogens is 3. The average Bonchev–Trinajstić information content (AvgIpc) is 2.46. The summed E-state index contributed by atoms with van der Waals surface area (Å²) in [5.41, 5.74) is 1.30. The second-order valence-corrected chi connectivity index (χ2v) is 6.55. The van der Waals surface area contributed by atoms with E-state index in [9.17, 15) is 0 Å². The molecule has 4 heteroatoms. The van der Waals surface area contributed by atoms with Crippen LogP contribution in [0.25, 0.3) is 10.1 Å². The zero-order valence-electron chi connectivity index (χ0n) is 6.48. The Morgan fingerprint density at radius 1 is 1.15 bits per heavy atom. The molecule has 13 heavy (non-hydrogen) atoms. The molecule has 0 aliphatic rings. The molecule has 2 aromatic rings. The van der Waals surface area contributed by atoms with Crippen molar-refractivity contribution >= 4 is 69.2 Å². The van der Waals surface area contributed by atoms with Gasteiger partial charge in [-0.05, 0) is 39.7 Å². The lowest BCUT2D eigenvalue weighted by atomic mass is 10.2. The van der Waals surface area contributed by atoms with Crippen molar-refractivity contribution in [2.75, 3.05) is 0 Å². The highest BCUT2D eigenvalue weighted by atomic mass is 79.9. The van der Waals surface area contributed by atoms with Crippen LogP contribution in [0.5, 0.6) is 0 Å². The Bertz CT molecular complexity index is 447. The molecule has 0 aliphatic heterocycles. The van der Waals surface area contributed by atoms with Crippen molar-refractivity contribution in [1.29, 1.82) is 0 Å². The Hall–Kier alpha value is 0.620. The van der Waals surface area contributed by atoms with Crippen molar-refractivity contribution in [1.82, 2.24) is 0 Å². The molecule has 0 fully saturated rings. The fourth-order valence-corrected chi connectivity index (χ4v) is 3.90. The summed E-state index contributed by atoms with van der Waals surface area (Å²) >= 11 is 12.3. The van der Waals surface area contributed by atoms with Gasteiger partial charge in [-0.25, -0.2) is 0 Å². The Morgan fingerprint density at radius 3 is 2.62 bits per heavy atom. The molecule has 0 N–H and O–H groups in total. The molecular formula is C9H5Br3S. The lowest BCUT2D eigenvalue weighted by Crippen LogP contribution is -1.76. The van der Waals surface area contributed by atoms with Crippen LogP contribution in [-0.4, -0.2) is 0 Å². The lowest BCUT2D eigenvalue weighted by Gasteiger charge is -1.98. The summed E-state index contributed by atoms with van der Waals surface area (Å²) in [5.74, 6) is 0. The highest BCUT2D eigenvalue weighted by molar-refractivity contribution is 9.11. The predicted octanol–water partition coefficient (Wildman–Crippen LogP) is 5.32. The fraction of sp³-hybridized carbons (Fsp3) is 0.111. The van der Waals surface area contributed by atoms with Crippen molar-refractivity contribution in [2.45, 2.75) is 5.33 Å². The summed E-state index contributed by atoms with van der Waals surface area (Å²) in [6.45, 7) is 0. The smallest absolute Gasteiger partial charge is 0.0711 e. The minimum absolute atomic E-state index is 0.900. The first-order valence-corrected chi connectivity index (χ1v) is 7.16. The first kappa shape index (κ1) is 10.1. The minimum atomic E-state index is 0.900. The van der Waals surface area contributed by atoms with Gasteiger partial charge in [0.1, 0.15) is 0 Å². The maximum Gasteiger partial charge on any atom is 0.0711 e. The average molecular weight is 385 g/mol. The van der Waals surface area contributed by atoms with Crippen molar-refractivity contribution in [3.8, 4) is 0 Å². The molecule has 0 saturated heterocycles. The van der Waals surface area contributed by atoms with Gasteiger partial charge in [0.05, 0.1) is 3.79 Å². The second kappa shape index (κ2) is 4.01. The molecule has 0 atom stereocenters. The summed E-state index contributed by atoms with van der Waals surface area (Å²) < 4.78 is 3.66. The number of alkyl halides is 1. The fourth-order valence-electron chi connectivity index (χ4n) is 1.20. The Morgan fingerprint density at radius 2 is 1.92 bits per heavy atom. The molecule has 1 aromatic carbocycles. The van der Waals surface area contributed by atoms with Crippen LogP contribution < -0.4 is 0 Å². The SMILES string of the molecule is BrCc1cc(Br)c2cc(Br)sc2c1. The van der Waals surface area contributed by atoms with Crippen LogP contribution in [0.15, 0.2) is 26.5 Å². The van der Waals surface area contributed by atoms with E-state index in [0.29, 0.717) is 0 Å². The summed E-state index contributed by atoms with van der Waals surface area (Å²) in [5, 5.41) is 2.18. The van der Waals surface area contributed by atoms with Gasteiger partial charge in [-0.2, -0.15) is 0 Å². The minimum Gasteiger partial charge on any atom is -0.128 e. The van der Waals surface area contributed by atoms with Crippen LogP contribution in [0.1, 0.15) is 5.56 Å². The van der Waals surface area contributed by atoms with Gasteiger partial charge in [-0.1, -0.05) is 31.9 Å². The van der Waals surface area contributed by atoms with Gasteiger partial charge < -0.3 is 0 Å². The van der Waals surface area contributed by atoms with Gasteiger partial charge in [-0.3, -0.25) is 0 Å². The van der Waals surface area contributed by atoms with Crippen molar-refractivity contribution in [3.63, 3.8) is 0 Å². The lowest BCUT2D eigenvalue weighted by molar-refractivity contribution is 1.46. The maximum absolute atomic E-state index is 3.57. The molecule has 0 unspecified atom stereocenters. The third-order valence-corrected chi connectivity index (χ3v) is 4.66. The molecule has 0 radical (unpaired) electrons. The van der Waals surface area contributed by atoms with Crippen LogP contribution in [0.2, 0.25) is 0 Å². The molecule has 2 rings (SSSR count). The van der Waals surface area contributed by atoms with Gasteiger partial charge in [-0.15, -0.1) is 11.3 Å². The van der Waals surface area contributed by atoms with E-state index in [2.05, 4.69) is 66.0 Å². The predicted molar refractivity (Wildman–Crippen MR) is 69.9 cm³/mol. The number of fused-ring (bicyclic) bond motifs is 1. The maximum atomic E-state index is 3.57. The van der Waals surface area contributed by atoms with Gasteiger partial charge >= 0.3 is 0 Å². The molecule has 1 aromatic heterocycles. The molecule has 0 spiro atoms. The van der Waals surface area contributed by atoms with Crippen molar-refractivity contribution in [2.24, 2.45) is 0 Å². The molecule has 0 saturated carbocycles. The van der Waals surface area contributed by atoms with E-state index in [-0.39, 0.29) is 0 Å². The highest BCUT2D eigenvalue weighted by Crippen LogP contribution is 2.35. The zero-order chi connectivity index (χ0) is 9.42. The summed E-state index contributed by atoms with van der Waals surface area (Å²) in [4.78, 5) is 0. The second-order valence-electron chi connectivity index (χ2n) is 2.67. The van der Waals surface area contributed by atoms with Crippen LogP contribution in [0.3, 0.4) is 0 Å². The highest BCUT2D eigenvalue weighted by Gasteiger charge is 2.04. The van der Waals surface area contributed by atoms with E-state index in [1.54, 1.807) is 11.3 Å². The number of benzene rings is 1. The number of hydrogen-bond donors (Lipinski definition) is 0. The third kappa shape index (κ3) is 2.01. The van der Waals surface area contributed by atoms with Gasteiger partial charge in [0, 0.05) is 19.9 Å². The van der Waals surface area contributed by atoms with Crippen molar-refractivity contribution < 1.29 is 0 Å². The topological polar surface area (TPSA) is 0 Å². The number of thiophene rings is 1. The molecule has 0 aliphatic carbocycles. The van der Waals surface area contributed by atoms with E-state index in [1.165, 1.54) is 23.9 Å². The first-order valence-electron chi connectivity index (χ1n) is 3.64. The van der Waals surface area contributed by atoms with Crippen molar-refractivity contribution in [3.05, 3.63) is 32.0 Å². The van der Waals surface area contributed by atoms with Crippen LogP contribution in [0.4, 0.5) is 0 Å². The quantitative estimate of drug-likeness (QED) is 0.583. The number of hydrogen-bond acceptors (Lipinski definition) is 1. The molecular weight excluding hydrogens is 380 g/mol. The Labute approximate surface area is 106 Å². The normalized spacial score (nSPS) is 11.0. The van der Waals surface area contributed by atoms with E-state index in [1.807, 2.05) is 0 Å². The van der Waals surface area contributed by atoms with E-state index in [4.69, 9.17) is 0 Å². The standard InChI is InChI=1S/C9H5Br3S/c10-4-5-1-7(11)6-3-9(12)13-8(6)2-5/h1-3H,4H2. The van der Waals surface area contributed by atoms with Gasteiger partial charge in [0.25, 0.3) is 0 Å². The third-order valence-electron chi connectivity index (χ3n) is 1.77.